The quantitative estimate of drug-likeness (QED) is 0.826. The topological polar surface area (TPSA) is 73.1 Å². The van der Waals surface area contributed by atoms with Crippen molar-refractivity contribution in [2.45, 2.75) is 26.0 Å². The molecule has 1 atom stereocenters. The Kier molecular flexibility index (Phi) is 3.81. The van der Waals surface area contributed by atoms with Crippen molar-refractivity contribution in [3.8, 4) is 5.88 Å². The Bertz CT molecular complexity index is 596. The molecule has 1 aliphatic rings. The SMILES string of the molecule is Cc1ccc(OC2CCN(C(=O)Cn3cccn3)C2)nn1. The Balaban J connectivity index is 1.53. The lowest BCUT2D eigenvalue weighted by Gasteiger charge is -2.16. The molecule has 0 aliphatic carbocycles. The highest BCUT2D eigenvalue weighted by atomic mass is 16.5. The van der Waals surface area contributed by atoms with Gasteiger partial charge in [0.05, 0.1) is 12.2 Å². The first-order valence-electron chi connectivity index (χ1n) is 6.93. The van der Waals surface area contributed by atoms with E-state index in [1.807, 2.05) is 13.0 Å². The third kappa shape index (κ3) is 3.36. The smallest absolute Gasteiger partial charge is 0.244 e. The highest BCUT2D eigenvalue weighted by Crippen LogP contribution is 2.16. The van der Waals surface area contributed by atoms with Gasteiger partial charge < -0.3 is 9.64 Å². The molecule has 3 rings (SSSR count). The maximum atomic E-state index is 12.1. The van der Waals surface area contributed by atoms with E-state index in [2.05, 4.69) is 15.3 Å². The number of aromatic nitrogens is 4. The molecule has 21 heavy (non-hydrogen) atoms. The maximum absolute atomic E-state index is 12.1. The maximum Gasteiger partial charge on any atom is 0.244 e. The van der Waals surface area contributed by atoms with Crippen molar-refractivity contribution < 1.29 is 9.53 Å². The van der Waals surface area contributed by atoms with Crippen LogP contribution in [0, 0.1) is 6.92 Å². The second-order valence-electron chi connectivity index (χ2n) is 5.08. The van der Waals surface area contributed by atoms with Crippen LogP contribution in [0.1, 0.15) is 12.1 Å². The Hall–Kier alpha value is -2.44. The van der Waals surface area contributed by atoms with Crippen molar-refractivity contribution in [2.24, 2.45) is 0 Å². The van der Waals surface area contributed by atoms with E-state index in [0.29, 0.717) is 19.0 Å². The van der Waals surface area contributed by atoms with Gasteiger partial charge in [-0.3, -0.25) is 9.48 Å². The van der Waals surface area contributed by atoms with Crippen LogP contribution in [-0.2, 0) is 11.3 Å². The van der Waals surface area contributed by atoms with Crippen LogP contribution in [0.25, 0.3) is 0 Å². The van der Waals surface area contributed by atoms with Gasteiger partial charge in [0.1, 0.15) is 12.6 Å². The van der Waals surface area contributed by atoms with Gasteiger partial charge in [0, 0.05) is 31.4 Å². The fraction of sp³-hybridized carbons (Fsp3) is 0.429. The summed E-state index contributed by atoms with van der Waals surface area (Å²) in [5, 5.41) is 12.0. The Morgan fingerprint density at radius 1 is 1.43 bits per heavy atom. The van der Waals surface area contributed by atoms with Crippen LogP contribution in [0.15, 0.2) is 30.6 Å². The summed E-state index contributed by atoms with van der Waals surface area (Å²) >= 11 is 0. The number of nitrogens with zero attached hydrogens (tertiary/aromatic N) is 5. The average molecular weight is 287 g/mol. The number of hydrogen-bond donors (Lipinski definition) is 0. The molecule has 1 saturated heterocycles. The van der Waals surface area contributed by atoms with Crippen LogP contribution in [0.3, 0.4) is 0 Å². The number of likely N-dealkylation sites (tertiary alicyclic amines) is 1. The van der Waals surface area contributed by atoms with Crippen molar-refractivity contribution in [2.75, 3.05) is 13.1 Å². The summed E-state index contributed by atoms with van der Waals surface area (Å²) in [6.45, 7) is 3.42. The molecular weight excluding hydrogens is 270 g/mol. The molecule has 1 amide bonds. The number of carbonyl (C=O) groups excluding carboxylic acids is 1. The first-order chi connectivity index (χ1) is 10.2. The first kappa shape index (κ1) is 13.5. The van der Waals surface area contributed by atoms with Crippen LogP contribution in [0.2, 0.25) is 0 Å². The largest absolute Gasteiger partial charge is 0.471 e. The van der Waals surface area contributed by atoms with Crippen molar-refractivity contribution in [1.82, 2.24) is 24.9 Å². The van der Waals surface area contributed by atoms with Crippen molar-refractivity contribution >= 4 is 5.91 Å². The highest BCUT2D eigenvalue weighted by molar-refractivity contribution is 5.76. The fourth-order valence-electron chi connectivity index (χ4n) is 2.30. The van der Waals surface area contributed by atoms with E-state index in [-0.39, 0.29) is 18.6 Å². The zero-order valence-electron chi connectivity index (χ0n) is 11.8. The predicted octanol–water partition coefficient (Wildman–Crippen LogP) is 0.661. The van der Waals surface area contributed by atoms with E-state index in [1.165, 1.54) is 0 Å². The molecule has 1 aliphatic heterocycles. The van der Waals surface area contributed by atoms with Crippen LogP contribution >= 0.6 is 0 Å². The predicted molar refractivity (Wildman–Crippen MR) is 74.6 cm³/mol. The van der Waals surface area contributed by atoms with Gasteiger partial charge in [-0.2, -0.15) is 10.2 Å². The number of aryl methyl sites for hydroxylation is 1. The van der Waals surface area contributed by atoms with Gasteiger partial charge in [-0.25, -0.2) is 0 Å². The summed E-state index contributed by atoms with van der Waals surface area (Å²) in [6, 6.07) is 5.47. The van der Waals surface area contributed by atoms with Crippen LogP contribution in [0.4, 0.5) is 0 Å². The second-order valence-corrected chi connectivity index (χ2v) is 5.08. The molecule has 1 unspecified atom stereocenters. The molecule has 2 aromatic rings. The summed E-state index contributed by atoms with van der Waals surface area (Å²) in [4.78, 5) is 13.9. The number of ether oxygens (including phenoxy) is 1. The normalized spacial score (nSPS) is 18.0. The molecule has 2 aromatic heterocycles. The van der Waals surface area contributed by atoms with E-state index in [0.717, 1.165) is 12.1 Å². The molecule has 0 radical (unpaired) electrons. The number of carbonyl (C=O) groups is 1. The van der Waals surface area contributed by atoms with E-state index in [1.54, 1.807) is 34.1 Å². The van der Waals surface area contributed by atoms with E-state index >= 15 is 0 Å². The van der Waals surface area contributed by atoms with Gasteiger partial charge in [0.15, 0.2) is 0 Å². The number of rotatable bonds is 4. The molecule has 7 nitrogen and oxygen atoms in total. The number of amides is 1. The van der Waals surface area contributed by atoms with Gasteiger partial charge in [0.2, 0.25) is 11.8 Å². The molecule has 3 heterocycles. The number of hydrogen-bond acceptors (Lipinski definition) is 5. The lowest BCUT2D eigenvalue weighted by Crippen LogP contribution is -2.33. The third-order valence-electron chi connectivity index (χ3n) is 3.41. The summed E-state index contributed by atoms with van der Waals surface area (Å²) in [7, 11) is 0. The van der Waals surface area contributed by atoms with Gasteiger partial charge in [-0.05, 0) is 19.1 Å². The van der Waals surface area contributed by atoms with Crippen LogP contribution in [-0.4, -0.2) is 50.0 Å². The summed E-state index contributed by atoms with van der Waals surface area (Å²) < 4.78 is 7.38. The highest BCUT2D eigenvalue weighted by Gasteiger charge is 2.28. The first-order valence-corrected chi connectivity index (χ1v) is 6.93. The average Bonchev–Trinajstić information content (AvgIpc) is 3.13. The minimum absolute atomic E-state index is 0.0245. The minimum atomic E-state index is -0.0245. The molecule has 1 fully saturated rings. The molecule has 0 spiro atoms. The van der Waals surface area contributed by atoms with E-state index in [9.17, 15) is 4.79 Å². The third-order valence-corrected chi connectivity index (χ3v) is 3.41. The summed E-state index contributed by atoms with van der Waals surface area (Å²) in [6.07, 6.45) is 4.23. The summed E-state index contributed by atoms with van der Waals surface area (Å²) in [5.41, 5.74) is 0.852. The molecule has 0 bridgehead atoms. The molecule has 0 saturated carbocycles. The Morgan fingerprint density at radius 2 is 2.33 bits per heavy atom. The lowest BCUT2D eigenvalue weighted by molar-refractivity contribution is -0.131. The van der Waals surface area contributed by atoms with Gasteiger partial charge >= 0.3 is 0 Å². The van der Waals surface area contributed by atoms with E-state index in [4.69, 9.17) is 4.74 Å². The molecule has 7 heteroatoms. The monoisotopic (exact) mass is 287 g/mol. The molecular formula is C14H17N5O2. The zero-order chi connectivity index (χ0) is 14.7. The second kappa shape index (κ2) is 5.90. The van der Waals surface area contributed by atoms with E-state index < -0.39 is 0 Å². The summed E-state index contributed by atoms with van der Waals surface area (Å²) in [5.74, 6) is 0.562. The molecule has 110 valence electrons. The van der Waals surface area contributed by atoms with Crippen LogP contribution in [0.5, 0.6) is 5.88 Å². The molecule has 0 aromatic carbocycles. The van der Waals surface area contributed by atoms with Gasteiger partial charge in [-0.1, -0.05) is 0 Å². The van der Waals surface area contributed by atoms with Crippen molar-refractivity contribution in [3.63, 3.8) is 0 Å². The standard InChI is InChI=1S/C14H17N5O2/c1-11-3-4-13(17-16-11)21-12-5-8-18(9-12)14(20)10-19-7-2-6-15-19/h2-4,6-7,12H,5,8-10H2,1H3. The molecule has 0 N–H and O–H groups in total. The Morgan fingerprint density at radius 3 is 3.05 bits per heavy atom. The minimum Gasteiger partial charge on any atom is -0.471 e. The van der Waals surface area contributed by atoms with Crippen molar-refractivity contribution in [1.29, 1.82) is 0 Å². The van der Waals surface area contributed by atoms with Gasteiger partial charge in [0.25, 0.3) is 0 Å². The Labute approximate surface area is 122 Å². The van der Waals surface area contributed by atoms with Crippen LogP contribution < -0.4 is 4.74 Å². The van der Waals surface area contributed by atoms with Gasteiger partial charge in [-0.15, -0.1) is 5.10 Å². The zero-order valence-corrected chi connectivity index (χ0v) is 11.8. The fourth-order valence-corrected chi connectivity index (χ4v) is 2.30. The van der Waals surface area contributed by atoms with Crippen molar-refractivity contribution in [3.05, 3.63) is 36.3 Å². The lowest BCUT2D eigenvalue weighted by atomic mass is 10.3.